The maximum absolute atomic E-state index is 13.6. The van der Waals surface area contributed by atoms with Crippen molar-refractivity contribution in [1.29, 1.82) is 0 Å². The lowest BCUT2D eigenvalue weighted by Gasteiger charge is -2.26. The molecule has 0 bridgehead atoms. The van der Waals surface area contributed by atoms with E-state index in [-0.39, 0.29) is 23.9 Å². The third-order valence-corrected chi connectivity index (χ3v) is 8.06. The van der Waals surface area contributed by atoms with Crippen LogP contribution < -0.4 is 9.62 Å². The van der Waals surface area contributed by atoms with E-state index in [4.69, 9.17) is 0 Å². The second kappa shape index (κ2) is 11.4. The Balaban J connectivity index is 1.50. The summed E-state index contributed by atoms with van der Waals surface area (Å²) in [6, 6.07) is 23.1. The second-order valence-electron chi connectivity index (χ2n) is 8.82. The number of hydrogen-bond donors (Lipinski definition) is 1. The molecule has 7 nitrogen and oxygen atoms in total. The molecule has 0 unspecified atom stereocenters. The van der Waals surface area contributed by atoms with E-state index in [1.54, 1.807) is 30.3 Å². The van der Waals surface area contributed by atoms with Gasteiger partial charge in [0.05, 0.1) is 10.6 Å². The highest BCUT2D eigenvalue weighted by atomic mass is 32.2. The molecule has 1 N–H and O–H groups in total. The van der Waals surface area contributed by atoms with Gasteiger partial charge in [0.15, 0.2) is 0 Å². The van der Waals surface area contributed by atoms with Crippen LogP contribution in [0.1, 0.15) is 36.5 Å². The Kier molecular flexibility index (Phi) is 8.05. The van der Waals surface area contributed by atoms with Crippen molar-refractivity contribution >= 4 is 27.5 Å². The van der Waals surface area contributed by atoms with Crippen LogP contribution in [0.25, 0.3) is 0 Å². The monoisotopic (exact) mass is 505 g/mol. The number of aryl methyl sites for hydroxylation is 1. The SMILES string of the molecule is CCc1ccccc1N(CC(=O)NCc1cccc(CN2CCCC2=O)c1)S(=O)(=O)c1ccccc1. The van der Waals surface area contributed by atoms with Gasteiger partial charge in [-0.2, -0.15) is 0 Å². The summed E-state index contributed by atoms with van der Waals surface area (Å²) in [4.78, 5) is 26.9. The molecule has 1 aliphatic heterocycles. The van der Waals surface area contributed by atoms with Crippen molar-refractivity contribution in [2.24, 2.45) is 0 Å². The van der Waals surface area contributed by atoms with Crippen molar-refractivity contribution in [3.05, 3.63) is 95.6 Å². The highest BCUT2D eigenvalue weighted by Gasteiger charge is 2.28. The number of rotatable bonds is 10. The van der Waals surface area contributed by atoms with Gasteiger partial charge in [-0.3, -0.25) is 13.9 Å². The molecule has 0 atom stereocenters. The lowest BCUT2D eigenvalue weighted by Crippen LogP contribution is -2.41. The normalized spacial score (nSPS) is 13.6. The number of carbonyl (C=O) groups excluding carboxylic acids is 2. The minimum atomic E-state index is -3.96. The fourth-order valence-corrected chi connectivity index (χ4v) is 5.87. The van der Waals surface area contributed by atoms with Crippen molar-refractivity contribution in [3.63, 3.8) is 0 Å². The summed E-state index contributed by atoms with van der Waals surface area (Å²) in [7, 11) is -3.96. The van der Waals surface area contributed by atoms with Gasteiger partial charge < -0.3 is 10.2 Å². The van der Waals surface area contributed by atoms with E-state index in [1.165, 1.54) is 16.4 Å². The van der Waals surface area contributed by atoms with Crippen molar-refractivity contribution < 1.29 is 18.0 Å². The van der Waals surface area contributed by atoms with E-state index in [1.807, 2.05) is 48.2 Å². The Bertz CT molecular complexity index is 1330. The number of nitrogens with one attached hydrogen (secondary N) is 1. The number of nitrogens with zero attached hydrogens (tertiary/aromatic N) is 2. The minimum Gasteiger partial charge on any atom is -0.350 e. The van der Waals surface area contributed by atoms with Crippen LogP contribution in [0, 0.1) is 0 Å². The lowest BCUT2D eigenvalue weighted by molar-refractivity contribution is -0.128. The molecule has 1 fully saturated rings. The number of amides is 2. The number of anilines is 1. The molecule has 0 radical (unpaired) electrons. The largest absolute Gasteiger partial charge is 0.350 e. The fraction of sp³-hybridized carbons (Fsp3) is 0.286. The standard InChI is InChI=1S/C28H31N3O4S/c1-2-24-12-6-7-15-26(24)31(36(34,35)25-13-4-3-5-14-25)21-27(32)29-19-22-10-8-11-23(18-22)20-30-17-9-16-28(30)33/h3-8,10-15,18H,2,9,16-17,19-21H2,1H3,(H,29,32). The number of hydrogen-bond acceptors (Lipinski definition) is 4. The summed E-state index contributed by atoms with van der Waals surface area (Å²) in [5.41, 5.74) is 3.23. The van der Waals surface area contributed by atoms with Gasteiger partial charge in [-0.25, -0.2) is 8.42 Å². The van der Waals surface area contributed by atoms with Crippen molar-refractivity contribution in [1.82, 2.24) is 10.2 Å². The molecule has 8 heteroatoms. The number of likely N-dealkylation sites (tertiary alicyclic amines) is 1. The molecule has 0 aliphatic carbocycles. The molecule has 3 aromatic rings. The van der Waals surface area contributed by atoms with Crippen molar-refractivity contribution in [3.8, 4) is 0 Å². The first-order valence-electron chi connectivity index (χ1n) is 12.2. The predicted octanol–water partition coefficient (Wildman–Crippen LogP) is 3.88. The molecule has 1 saturated heterocycles. The van der Waals surface area contributed by atoms with Gasteiger partial charge >= 0.3 is 0 Å². The number of sulfonamides is 1. The topological polar surface area (TPSA) is 86.8 Å². The molecule has 36 heavy (non-hydrogen) atoms. The Morgan fingerprint density at radius 3 is 2.42 bits per heavy atom. The van der Waals surface area contributed by atoms with Gasteiger partial charge in [0.25, 0.3) is 10.0 Å². The minimum absolute atomic E-state index is 0.132. The molecule has 4 rings (SSSR count). The molecule has 188 valence electrons. The van der Waals surface area contributed by atoms with Crippen LogP contribution in [-0.2, 0) is 39.1 Å². The summed E-state index contributed by atoms with van der Waals surface area (Å²) in [5.74, 6) is -0.235. The number of para-hydroxylation sites is 1. The Hall–Kier alpha value is -3.65. The maximum Gasteiger partial charge on any atom is 0.264 e. The van der Waals surface area contributed by atoms with Gasteiger partial charge in [0.1, 0.15) is 6.54 Å². The van der Waals surface area contributed by atoms with E-state index in [9.17, 15) is 18.0 Å². The van der Waals surface area contributed by atoms with Gasteiger partial charge in [-0.1, -0.05) is 67.6 Å². The highest BCUT2D eigenvalue weighted by Crippen LogP contribution is 2.27. The molecular formula is C28H31N3O4S. The fourth-order valence-electron chi connectivity index (χ4n) is 4.39. The van der Waals surface area contributed by atoms with Gasteiger partial charge in [-0.05, 0) is 47.7 Å². The zero-order valence-electron chi connectivity index (χ0n) is 20.4. The van der Waals surface area contributed by atoms with Crippen molar-refractivity contribution in [2.45, 2.75) is 44.2 Å². The zero-order chi connectivity index (χ0) is 25.5. The van der Waals surface area contributed by atoms with Crippen LogP contribution in [0.4, 0.5) is 5.69 Å². The van der Waals surface area contributed by atoms with E-state index in [0.717, 1.165) is 29.7 Å². The van der Waals surface area contributed by atoms with Gasteiger partial charge in [0, 0.05) is 26.1 Å². The predicted molar refractivity (Wildman–Crippen MR) is 140 cm³/mol. The molecule has 2 amide bonds. The summed E-state index contributed by atoms with van der Waals surface area (Å²) in [5, 5.41) is 2.86. The maximum atomic E-state index is 13.6. The van der Waals surface area contributed by atoms with Crippen LogP contribution in [0.2, 0.25) is 0 Å². The first-order chi connectivity index (χ1) is 17.4. The Labute approximate surface area is 212 Å². The molecule has 3 aromatic carbocycles. The molecule has 0 saturated carbocycles. The smallest absolute Gasteiger partial charge is 0.264 e. The lowest BCUT2D eigenvalue weighted by atomic mass is 10.1. The molecule has 1 aliphatic rings. The average molecular weight is 506 g/mol. The molecule has 0 aromatic heterocycles. The number of carbonyl (C=O) groups is 2. The molecule has 1 heterocycles. The molecular weight excluding hydrogens is 474 g/mol. The first kappa shape index (κ1) is 25.4. The average Bonchev–Trinajstić information content (AvgIpc) is 3.30. The van der Waals surface area contributed by atoms with Crippen LogP contribution >= 0.6 is 0 Å². The molecule has 0 spiro atoms. The van der Waals surface area contributed by atoms with Crippen LogP contribution in [-0.4, -0.2) is 38.2 Å². The Morgan fingerprint density at radius 2 is 1.69 bits per heavy atom. The van der Waals surface area contributed by atoms with E-state index in [2.05, 4.69) is 5.32 Å². The third-order valence-electron chi connectivity index (χ3n) is 6.29. The summed E-state index contributed by atoms with van der Waals surface area (Å²) >= 11 is 0. The first-order valence-corrected chi connectivity index (χ1v) is 13.6. The van der Waals surface area contributed by atoms with Gasteiger partial charge in [0.2, 0.25) is 11.8 Å². The summed E-state index contributed by atoms with van der Waals surface area (Å²) < 4.78 is 28.3. The highest BCUT2D eigenvalue weighted by molar-refractivity contribution is 7.92. The number of benzene rings is 3. The van der Waals surface area contributed by atoms with Gasteiger partial charge in [-0.15, -0.1) is 0 Å². The summed E-state index contributed by atoms with van der Waals surface area (Å²) in [6.45, 7) is 3.20. The van der Waals surface area contributed by atoms with Crippen LogP contribution in [0.15, 0.2) is 83.8 Å². The van der Waals surface area contributed by atoms with E-state index in [0.29, 0.717) is 25.1 Å². The van der Waals surface area contributed by atoms with Crippen molar-refractivity contribution in [2.75, 3.05) is 17.4 Å². The quantitative estimate of drug-likeness (QED) is 0.453. The zero-order valence-corrected chi connectivity index (χ0v) is 21.2. The van der Waals surface area contributed by atoms with Crippen LogP contribution in [0.3, 0.4) is 0 Å². The summed E-state index contributed by atoms with van der Waals surface area (Å²) in [6.07, 6.45) is 2.11. The Morgan fingerprint density at radius 1 is 0.972 bits per heavy atom. The second-order valence-corrected chi connectivity index (χ2v) is 10.7. The third kappa shape index (κ3) is 5.94. The van der Waals surface area contributed by atoms with E-state index < -0.39 is 15.9 Å². The van der Waals surface area contributed by atoms with E-state index >= 15 is 0 Å². The van der Waals surface area contributed by atoms with Crippen LogP contribution in [0.5, 0.6) is 0 Å².